The average molecular weight is 435 g/mol. The van der Waals surface area contributed by atoms with E-state index in [1.54, 1.807) is 38.5 Å². The highest BCUT2D eigenvalue weighted by Gasteiger charge is 2.24. The molecule has 3 aromatic rings. The zero-order chi connectivity index (χ0) is 22.7. The molecule has 0 atom stereocenters. The van der Waals surface area contributed by atoms with Crippen molar-refractivity contribution in [2.45, 2.75) is 25.8 Å². The quantitative estimate of drug-likeness (QED) is 0.546. The monoisotopic (exact) mass is 435 g/mol. The molecule has 0 bridgehead atoms. The number of methoxy groups -OCH3 is 2. The van der Waals surface area contributed by atoms with E-state index in [0.717, 1.165) is 52.4 Å². The van der Waals surface area contributed by atoms with Gasteiger partial charge in [0.2, 0.25) is 0 Å². The molecule has 0 radical (unpaired) electrons. The van der Waals surface area contributed by atoms with Crippen LogP contribution in [0.5, 0.6) is 11.5 Å². The fourth-order valence-corrected chi connectivity index (χ4v) is 4.30. The highest BCUT2D eigenvalue weighted by atomic mass is 19.1. The van der Waals surface area contributed by atoms with Crippen molar-refractivity contribution >= 4 is 11.7 Å². The van der Waals surface area contributed by atoms with Crippen LogP contribution in [-0.2, 0) is 25.8 Å². The number of rotatable bonds is 8. The summed E-state index contributed by atoms with van der Waals surface area (Å²) in [6.07, 6.45) is 2.18. The minimum Gasteiger partial charge on any atom is -0.497 e. The Kier molecular flexibility index (Phi) is 6.30. The minimum atomic E-state index is -0.940. The summed E-state index contributed by atoms with van der Waals surface area (Å²) in [7, 11) is 3.27. The lowest BCUT2D eigenvalue weighted by atomic mass is 9.99. The largest absolute Gasteiger partial charge is 0.497 e. The second kappa shape index (κ2) is 9.30. The van der Waals surface area contributed by atoms with Crippen molar-refractivity contribution in [3.8, 4) is 11.5 Å². The SMILES string of the molecule is COc1cc(CN2CCc3cc(F)cc(CCc4ccc(C(=O)O)cc4)c32)cc(OC)c1. The van der Waals surface area contributed by atoms with E-state index in [9.17, 15) is 9.18 Å². The topological polar surface area (TPSA) is 59.0 Å². The summed E-state index contributed by atoms with van der Waals surface area (Å²) < 4.78 is 25.1. The summed E-state index contributed by atoms with van der Waals surface area (Å²) in [5, 5.41) is 9.07. The van der Waals surface area contributed by atoms with Gasteiger partial charge in [0.25, 0.3) is 0 Å². The fraction of sp³-hybridized carbons (Fsp3) is 0.269. The van der Waals surface area contributed by atoms with Crippen molar-refractivity contribution in [1.82, 2.24) is 0 Å². The molecule has 166 valence electrons. The molecule has 1 aliphatic heterocycles. The maximum atomic E-state index is 14.3. The van der Waals surface area contributed by atoms with E-state index in [-0.39, 0.29) is 11.4 Å². The average Bonchev–Trinajstić information content (AvgIpc) is 3.19. The summed E-state index contributed by atoms with van der Waals surface area (Å²) >= 11 is 0. The summed E-state index contributed by atoms with van der Waals surface area (Å²) in [5.74, 6) is 0.319. The van der Waals surface area contributed by atoms with Crippen molar-refractivity contribution in [2.24, 2.45) is 0 Å². The summed E-state index contributed by atoms with van der Waals surface area (Å²) in [6.45, 7) is 1.49. The normalized spacial score (nSPS) is 12.5. The molecule has 4 rings (SSSR count). The second-order valence-electron chi connectivity index (χ2n) is 7.97. The van der Waals surface area contributed by atoms with Gasteiger partial charge in [-0.05, 0) is 77.9 Å². The molecule has 0 unspecified atom stereocenters. The predicted molar refractivity (Wildman–Crippen MR) is 122 cm³/mol. The number of ether oxygens (including phenoxy) is 2. The Morgan fingerprint density at radius 2 is 1.66 bits per heavy atom. The molecule has 1 N–H and O–H groups in total. The lowest BCUT2D eigenvalue weighted by molar-refractivity contribution is 0.0697. The summed E-state index contributed by atoms with van der Waals surface area (Å²) in [4.78, 5) is 13.3. The van der Waals surface area contributed by atoms with Crippen LogP contribution in [0, 0.1) is 5.82 Å². The van der Waals surface area contributed by atoms with Crippen LogP contribution >= 0.6 is 0 Å². The first-order chi connectivity index (χ1) is 15.5. The molecule has 0 saturated carbocycles. The van der Waals surface area contributed by atoms with Crippen LogP contribution < -0.4 is 14.4 Å². The standard InChI is InChI=1S/C26H26FNO4/c1-31-23-11-18(12-24(15-23)32-2)16-28-10-9-21-14-22(27)13-20(25(21)28)8-5-17-3-6-19(7-4-17)26(29)30/h3-4,6-7,11-15H,5,8-10,16H2,1-2H3,(H,29,30). The Hall–Kier alpha value is -3.54. The maximum absolute atomic E-state index is 14.3. The van der Waals surface area contributed by atoms with Gasteiger partial charge in [-0.25, -0.2) is 9.18 Å². The van der Waals surface area contributed by atoms with Crippen LogP contribution in [0.4, 0.5) is 10.1 Å². The van der Waals surface area contributed by atoms with Gasteiger partial charge in [-0.15, -0.1) is 0 Å². The number of carboxylic acid groups (broad SMARTS) is 1. The van der Waals surface area contributed by atoms with Gasteiger partial charge in [0.05, 0.1) is 19.8 Å². The zero-order valence-corrected chi connectivity index (χ0v) is 18.2. The number of hydrogen-bond donors (Lipinski definition) is 1. The molecule has 0 spiro atoms. The van der Waals surface area contributed by atoms with Crippen LogP contribution in [0.15, 0.2) is 54.6 Å². The number of halogens is 1. The number of nitrogens with zero attached hydrogens (tertiary/aromatic N) is 1. The van der Waals surface area contributed by atoms with Gasteiger partial charge in [-0.1, -0.05) is 12.1 Å². The van der Waals surface area contributed by atoms with Crippen molar-refractivity contribution in [3.63, 3.8) is 0 Å². The van der Waals surface area contributed by atoms with E-state index < -0.39 is 5.97 Å². The molecule has 0 amide bonds. The number of aromatic carboxylic acids is 1. The third-order valence-electron chi connectivity index (χ3n) is 5.87. The first-order valence-corrected chi connectivity index (χ1v) is 10.6. The lowest BCUT2D eigenvalue weighted by Crippen LogP contribution is -2.21. The van der Waals surface area contributed by atoms with E-state index in [1.165, 1.54) is 0 Å². The Balaban J connectivity index is 1.57. The van der Waals surface area contributed by atoms with Crippen LogP contribution in [0.25, 0.3) is 0 Å². The van der Waals surface area contributed by atoms with Crippen molar-refractivity contribution in [2.75, 3.05) is 25.7 Å². The number of fused-ring (bicyclic) bond motifs is 1. The van der Waals surface area contributed by atoms with Gasteiger partial charge >= 0.3 is 5.97 Å². The molecule has 5 nitrogen and oxygen atoms in total. The molecule has 32 heavy (non-hydrogen) atoms. The fourth-order valence-electron chi connectivity index (χ4n) is 4.30. The van der Waals surface area contributed by atoms with Gasteiger partial charge in [0, 0.05) is 24.8 Å². The highest BCUT2D eigenvalue weighted by molar-refractivity contribution is 5.87. The summed E-state index contributed by atoms with van der Waals surface area (Å²) in [6, 6.07) is 15.9. The van der Waals surface area contributed by atoms with Gasteiger partial charge in [0.15, 0.2) is 0 Å². The van der Waals surface area contributed by atoms with Gasteiger partial charge < -0.3 is 19.5 Å². The van der Waals surface area contributed by atoms with E-state index >= 15 is 0 Å². The highest BCUT2D eigenvalue weighted by Crippen LogP contribution is 2.35. The molecule has 6 heteroatoms. The smallest absolute Gasteiger partial charge is 0.335 e. The zero-order valence-electron chi connectivity index (χ0n) is 18.2. The molecule has 3 aromatic carbocycles. The molecule has 0 aliphatic carbocycles. The van der Waals surface area contributed by atoms with Crippen LogP contribution in [-0.4, -0.2) is 31.8 Å². The number of carbonyl (C=O) groups is 1. The Bertz CT molecular complexity index is 1110. The number of carboxylic acids is 1. The number of aryl methyl sites for hydroxylation is 2. The van der Waals surface area contributed by atoms with Crippen molar-refractivity contribution in [1.29, 1.82) is 0 Å². The van der Waals surface area contributed by atoms with E-state index in [4.69, 9.17) is 14.6 Å². The third-order valence-corrected chi connectivity index (χ3v) is 5.87. The Morgan fingerprint density at radius 1 is 0.969 bits per heavy atom. The van der Waals surface area contributed by atoms with Gasteiger partial charge in [-0.3, -0.25) is 0 Å². The molecule has 1 aliphatic rings. The van der Waals surface area contributed by atoms with Gasteiger partial charge in [0.1, 0.15) is 17.3 Å². The second-order valence-corrected chi connectivity index (χ2v) is 7.97. The van der Waals surface area contributed by atoms with E-state index in [1.807, 2.05) is 30.3 Å². The van der Waals surface area contributed by atoms with Crippen LogP contribution in [0.3, 0.4) is 0 Å². The third kappa shape index (κ3) is 4.69. The molecular formula is C26H26FNO4. The van der Waals surface area contributed by atoms with E-state index in [2.05, 4.69) is 4.90 Å². The maximum Gasteiger partial charge on any atom is 0.335 e. The molecule has 0 aromatic heterocycles. The van der Waals surface area contributed by atoms with Crippen molar-refractivity contribution < 1.29 is 23.8 Å². The van der Waals surface area contributed by atoms with E-state index in [0.29, 0.717) is 19.4 Å². The lowest BCUT2D eigenvalue weighted by Gasteiger charge is -2.23. The van der Waals surface area contributed by atoms with Crippen LogP contribution in [0.1, 0.15) is 32.6 Å². The Labute approximate surface area is 187 Å². The number of hydrogen-bond acceptors (Lipinski definition) is 4. The molecule has 0 fully saturated rings. The summed E-state index contributed by atoms with van der Waals surface area (Å²) in [5.41, 5.74) is 5.44. The minimum absolute atomic E-state index is 0.218. The molecule has 1 heterocycles. The first kappa shape index (κ1) is 21.7. The predicted octanol–water partition coefficient (Wildman–Crippen LogP) is 4.89. The van der Waals surface area contributed by atoms with Gasteiger partial charge in [-0.2, -0.15) is 0 Å². The molecular weight excluding hydrogens is 409 g/mol. The van der Waals surface area contributed by atoms with Crippen molar-refractivity contribution in [3.05, 3.63) is 88.2 Å². The number of benzene rings is 3. The van der Waals surface area contributed by atoms with Crippen LogP contribution in [0.2, 0.25) is 0 Å². The Morgan fingerprint density at radius 3 is 2.28 bits per heavy atom. The number of anilines is 1. The first-order valence-electron chi connectivity index (χ1n) is 10.6. The molecule has 0 saturated heterocycles.